The first-order valence-electron chi connectivity index (χ1n) is 8.56. The summed E-state index contributed by atoms with van der Waals surface area (Å²) in [6.07, 6.45) is -0.377. The highest BCUT2D eigenvalue weighted by atomic mass is 32.2. The van der Waals surface area contributed by atoms with Crippen molar-refractivity contribution >= 4 is 29.8 Å². The number of ether oxygens (including phenoxy) is 2. The van der Waals surface area contributed by atoms with Crippen LogP contribution < -0.4 is 16.0 Å². The van der Waals surface area contributed by atoms with Gasteiger partial charge in [0.25, 0.3) is 0 Å². The van der Waals surface area contributed by atoms with Gasteiger partial charge in [0.1, 0.15) is 17.0 Å². The van der Waals surface area contributed by atoms with Crippen LogP contribution in [0.15, 0.2) is 17.0 Å². The van der Waals surface area contributed by atoms with Crippen LogP contribution >= 0.6 is 11.8 Å². The van der Waals surface area contributed by atoms with Crippen molar-refractivity contribution in [3.05, 3.63) is 17.8 Å². The fourth-order valence-electron chi connectivity index (χ4n) is 1.95. The maximum Gasteiger partial charge on any atom is 0.410 e. The monoisotopic (exact) mass is 398 g/mol. The van der Waals surface area contributed by atoms with Gasteiger partial charge in [0.15, 0.2) is 6.29 Å². The molecule has 152 valence electrons. The molecule has 0 saturated heterocycles. The molecule has 0 aliphatic carbocycles. The summed E-state index contributed by atoms with van der Waals surface area (Å²) in [5.74, 6) is 0.488. The van der Waals surface area contributed by atoms with E-state index in [1.807, 2.05) is 19.2 Å². The van der Waals surface area contributed by atoms with Gasteiger partial charge in [-0.2, -0.15) is 0 Å². The largest absolute Gasteiger partial charge is 0.444 e. The molecule has 9 heteroatoms. The number of carbonyl (C=O) groups is 2. The summed E-state index contributed by atoms with van der Waals surface area (Å²) >= 11 is 1.59. The van der Waals surface area contributed by atoms with Crippen LogP contribution in [-0.2, 0) is 9.47 Å². The van der Waals surface area contributed by atoms with Crippen LogP contribution in [0.1, 0.15) is 47.2 Å². The molecule has 0 saturated carbocycles. The second-order valence-corrected chi connectivity index (χ2v) is 8.70. The topological polar surface area (TPSA) is 102 Å². The Morgan fingerprint density at radius 2 is 1.48 bits per heavy atom. The molecule has 0 aromatic carbocycles. The van der Waals surface area contributed by atoms with Crippen LogP contribution in [0.3, 0.4) is 0 Å². The summed E-state index contributed by atoms with van der Waals surface area (Å²) in [7, 11) is 0. The van der Waals surface area contributed by atoms with Gasteiger partial charge in [0, 0.05) is 4.90 Å². The van der Waals surface area contributed by atoms with Gasteiger partial charge in [-0.25, -0.2) is 14.6 Å². The van der Waals surface area contributed by atoms with Gasteiger partial charge >= 0.3 is 12.2 Å². The van der Waals surface area contributed by atoms with Gasteiger partial charge < -0.3 is 14.8 Å². The van der Waals surface area contributed by atoms with Crippen molar-refractivity contribution in [3.63, 3.8) is 0 Å². The minimum atomic E-state index is -0.971. The van der Waals surface area contributed by atoms with Crippen LogP contribution in [0, 0.1) is 6.92 Å². The van der Waals surface area contributed by atoms with Crippen molar-refractivity contribution in [2.45, 2.75) is 70.9 Å². The van der Waals surface area contributed by atoms with E-state index in [1.54, 1.807) is 59.4 Å². The van der Waals surface area contributed by atoms with E-state index < -0.39 is 29.7 Å². The maximum absolute atomic E-state index is 12.1. The molecule has 8 nitrogen and oxygen atoms in total. The van der Waals surface area contributed by atoms with Crippen molar-refractivity contribution in [1.29, 1.82) is 0 Å². The van der Waals surface area contributed by atoms with Crippen molar-refractivity contribution in [2.75, 3.05) is 11.6 Å². The molecular weight excluding hydrogens is 368 g/mol. The molecule has 3 N–H and O–H groups in total. The number of rotatable bonds is 5. The number of thioether (sulfide) groups is 1. The first-order chi connectivity index (χ1) is 12.3. The van der Waals surface area contributed by atoms with E-state index in [2.05, 4.69) is 20.9 Å². The molecule has 0 fully saturated rings. The predicted octanol–water partition coefficient (Wildman–Crippen LogP) is 3.86. The average Bonchev–Trinajstić information content (AvgIpc) is 2.42. The van der Waals surface area contributed by atoms with Crippen LogP contribution in [0.25, 0.3) is 0 Å². The van der Waals surface area contributed by atoms with Crippen LogP contribution in [0.5, 0.6) is 0 Å². The van der Waals surface area contributed by atoms with Gasteiger partial charge in [0.2, 0.25) is 0 Å². The number of aromatic nitrogens is 1. The predicted molar refractivity (Wildman–Crippen MR) is 107 cm³/mol. The van der Waals surface area contributed by atoms with E-state index in [0.29, 0.717) is 5.82 Å². The Hall–Kier alpha value is -2.16. The lowest BCUT2D eigenvalue weighted by molar-refractivity contribution is 0.0439. The third-order valence-electron chi connectivity index (χ3n) is 2.87. The van der Waals surface area contributed by atoms with Crippen molar-refractivity contribution < 1.29 is 19.1 Å². The zero-order valence-electron chi connectivity index (χ0n) is 17.2. The van der Waals surface area contributed by atoms with E-state index in [-0.39, 0.29) is 0 Å². The number of nitrogens with one attached hydrogen (secondary N) is 3. The molecule has 0 aliphatic rings. The summed E-state index contributed by atoms with van der Waals surface area (Å²) < 4.78 is 10.5. The molecule has 2 amide bonds. The highest BCUT2D eigenvalue weighted by molar-refractivity contribution is 7.98. The number of hydrogen-bond donors (Lipinski definition) is 3. The molecule has 1 heterocycles. The lowest BCUT2D eigenvalue weighted by atomic mass is 10.2. The van der Waals surface area contributed by atoms with E-state index in [9.17, 15) is 9.59 Å². The second-order valence-electron chi connectivity index (χ2n) is 7.85. The Bertz CT molecular complexity index is 638. The summed E-state index contributed by atoms with van der Waals surface area (Å²) in [5.41, 5.74) is -0.508. The van der Waals surface area contributed by atoms with Crippen LogP contribution in [0.4, 0.5) is 15.4 Å². The first-order valence-corrected chi connectivity index (χ1v) is 9.79. The van der Waals surface area contributed by atoms with E-state index in [0.717, 1.165) is 10.6 Å². The molecule has 1 rings (SSSR count). The minimum Gasteiger partial charge on any atom is -0.444 e. The van der Waals surface area contributed by atoms with Crippen molar-refractivity contribution in [1.82, 2.24) is 15.6 Å². The van der Waals surface area contributed by atoms with Crippen LogP contribution in [0.2, 0.25) is 0 Å². The Morgan fingerprint density at radius 3 is 1.85 bits per heavy atom. The van der Waals surface area contributed by atoms with Gasteiger partial charge in [0.05, 0.1) is 5.69 Å². The SMILES string of the molecule is CSc1ccc(NC(NC(=O)OC(C)(C)C)NC(=O)OC(C)(C)C)nc1C. The Balaban J connectivity index is 2.90. The molecule has 0 unspecified atom stereocenters. The third kappa shape index (κ3) is 9.37. The van der Waals surface area contributed by atoms with Gasteiger partial charge in [-0.3, -0.25) is 10.6 Å². The Morgan fingerprint density at radius 1 is 1.00 bits per heavy atom. The lowest BCUT2D eigenvalue weighted by Gasteiger charge is -2.26. The fourth-order valence-corrected chi connectivity index (χ4v) is 2.50. The molecule has 1 aromatic heterocycles. The summed E-state index contributed by atoms with van der Waals surface area (Å²) in [6, 6.07) is 3.67. The molecular formula is C18H30N4O4S. The van der Waals surface area contributed by atoms with E-state index >= 15 is 0 Å². The van der Waals surface area contributed by atoms with Crippen molar-refractivity contribution in [3.8, 4) is 0 Å². The third-order valence-corrected chi connectivity index (χ3v) is 3.74. The highest BCUT2D eigenvalue weighted by Crippen LogP contribution is 2.20. The van der Waals surface area contributed by atoms with Crippen molar-refractivity contribution in [2.24, 2.45) is 0 Å². The zero-order chi connectivity index (χ0) is 20.8. The smallest absolute Gasteiger partial charge is 0.410 e. The molecule has 0 bridgehead atoms. The molecule has 27 heavy (non-hydrogen) atoms. The molecule has 1 aromatic rings. The summed E-state index contributed by atoms with van der Waals surface area (Å²) in [5, 5.41) is 8.07. The number of alkyl carbamates (subject to hydrolysis) is 2. The number of carbonyl (C=O) groups excluding carboxylic acids is 2. The zero-order valence-corrected chi connectivity index (χ0v) is 18.0. The summed E-state index contributed by atoms with van der Waals surface area (Å²) in [6.45, 7) is 12.4. The summed E-state index contributed by atoms with van der Waals surface area (Å²) in [4.78, 5) is 29.7. The first kappa shape index (κ1) is 22.9. The minimum absolute atomic E-state index is 0.488. The number of pyridine rings is 1. The Kier molecular flexibility index (Phi) is 7.77. The Labute approximate surface area is 165 Å². The standard InChI is InChI=1S/C18H30N4O4S/c1-11-12(27-8)9-10-13(19-11)20-14(21-15(23)25-17(2,3)4)22-16(24)26-18(5,6)7/h9-10,14H,1-8H3,(H,19,20)(H,21,23)(H,22,24). The highest BCUT2D eigenvalue weighted by Gasteiger charge is 2.23. The average molecular weight is 399 g/mol. The van der Waals surface area contributed by atoms with E-state index in [4.69, 9.17) is 9.47 Å². The second kappa shape index (κ2) is 9.16. The molecule has 0 spiro atoms. The number of nitrogens with zero attached hydrogens (tertiary/aromatic N) is 1. The normalized spacial score (nSPS) is 11.7. The fraction of sp³-hybridized carbons (Fsp3) is 0.611. The van der Waals surface area contributed by atoms with Gasteiger partial charge in [-0.15, -0.1) is 11.8 Å². The van der Waals surface area contributed by atoms with E-state index in [1.165, 1.54) is 0 Å². The number of aryl methyl sites for hydroxylation is 1. The number of anilines is 1. The number of amides is 2. The maximum atomic E-state index is 12.1. The van der Waals surface area contributed by atoms with Crippen LogP contribution in [-0.4, -0.2) is 40.9 Å². The quantitative estimate of drug-likeness (QED) is 0.511. The van der Waals surface area contributed by atoms with Gasteiger partial charge in [-0.1, -0.05) is 0 Å². The molecule has 0 atom stereocenters. The lowest BCUT2D eigenvalue weighted by Crippen LogP contribution is -2.54. The molecule has 0 radical (unpaired) electrons. The molecule has 0 aliphatic heterocycles. The van der Waals surface area contributed by atoms with Gasteiger partial charge in [-0.05, 0) is 66.9 Å². The number of hydrogen-bond acceptors (Lipinski definition) is 7.